The first-order chi connectivity index (χ1) is 23.9. The average molecular weight is 701 g/mol. The van der Waals surface area contributed by atoms with Gasteiger partial charge in [-0.1, -0.05) is 71.4 Å². The molecule has 2 aliphatic rings. The van der Waals surface area contributed by atoms with Gasteiger partial charge >= 0.3 is 0 Å². The second-order valence-electron chi connectivity index (χ2n) is 14.4. The molecule has 1 aromatic rings. The number of likely N-dealkylation sites (tertiary alicyclic amines) is 1. The number of methoxy groups -OCH3 is 2. The van der Waals surface area contributed by atoms with Crippen molar-refractivity contribution < 1.29 is 28.7 Å². The molecule has 0 bridgehead atoms. The fourth-order valence-electron chi connectivity index (χ4n) is 7.70. The zero-order chi connectivity index (χ0) is 36.8. The molecule has 1 aromatic carbocycles. The third-order valence-corrected chi connectivity index (χ3v) is 10.7. The number of ether oxygens (including phenoxy) is 2. The van der Waals surface area contributed by atoms with Gasteiger partial charge in [0.2, 0.25) is 23.6 Å². The number of amides is 4. The minimum Gasteiger partial charge on any atom is -0.379 e. The summed E-state index contributed by atoms with van der Waals surface area (Å²) in [4.78, 5) is 59.8. The minimum absolute atomic E-state index is 0.0300. The van der Waals surface area contributed by atoms with Crippen LogP contribution < -0.4 is 16.0 Å². The number of likely N-dealkylation sites (N-methyl/N-ethyl adjacent to an activating group) is 1. The van der Waals surface area contributed by atoms with Gasteiger partial charge in [0.25, 0.3) is 0 Å². The first kappa shape index (κ1) is 41.4. The van der Waals surface area contributed by atoms with Crippen molar-refractivity contribution in [3.63, 3.8) is 0 Å². The first-order valence-electron chi connectivity index (χ1n) is 18.6. The maximum absolute atomic E-state index is 14.0. The highest BCUT2D eigenvalue weighted by Crippen LogP contribution is 2.29. The molecule has 282 valence electrons. The molecule has 12 heteroatoms. The number of nitrogens with zero attached hydrogens (tertiary/aromatic N) is 3. The van der Waals surface area contributed by atoms with E-state index in [1.807, 2.05) is 56.0 Å². The van der Waals surface area contributed by atoms with Gasteiger partial charge in [0.15, 0.2) is 0 Å². The van der Waals surface area contributed by atoms with E-state index in [0.29, 0.717) is 13.1 Å². The molecule has 4 amide bonds. The molecule has 2 heterocycles. The molecule has 0 spiro atoms. The molecule has 3 N–H and O–H groups in total. The highest BCUT2D eigenvalue weighted by atomic mass is 16.5. The quantitative estimate of drug-likeness (QED) is 0.201. The summed E-state index contributed by atoms with van der Waals surface area (Å²) < 4.78 is 11.9. The van der Waals surface area contributed by atoms with Crippen LogP contribution in [0.5, 0.6) is 0 Å². The van der Waals surface area contributed by atoms with Crippen molar-refractivity contribution in [1.29, 1.82) is 0 Å². The summed E-state index contributed by atoms with van der Waals surface area (Å²) in [5, 5.41) is 9.28. The minimum atomic E-state index is -0.563. The van der Waals surface area contributed by atoms with Gasteiger partial charge in [0.05, 0.1) is 49.2 Å². The molecule has 7 unspecified atom stereocenters. The van der Waals surface area contributed by atoms with E-state index in [9.17, 15) is 19.2 Å². The number of carbonyl (C=O) groups is 4. The van der Waals surface area contributed by atoms with E-state index in [1.54, 1.807) is 26.2 Å². The van der Waals surface area contributed by atoms with Gasteiger partial charge in [-0.2, -0.15) is 0 Å². The Kier molecular flexibility index (Phi) is 17.1. The van der Waals surface area contributed by atoms with Gasteiger partial charge < -0.3 is 35.2 Å². The van der Waals surface area contributed by atoms with Gasteiger partial charge in [-0.15, -0.1) is 0 Å². The normalized spacial score (nSPS) is 20.4. The average Bonchev–Trinajstić information content (AvgIpc) is 3.60. The van der Waals surface area contributed by atoms with Crippen molar-refractivity contribution in [2.24, 2.45) is 17.8 Å². The number of piperazine rings is 1. The molecule has 7 atom stereocenters. The maximum Gasteiger partial charge on any atom is 0.242 e. The Morgan fingerprint density at radius 3 is 2.24 bits per heavy atom. The number of benzene rings is 1. The second-order valence-corrected chi connectivity index (χ2v) is 14.4. The van der Waals surface area contributed by atoms with Crippen LogP contribution in [0, 0.1) is 17.8 Å². The summed E-state index contributed by atoms with van der Waals surface area (Å²) in [5.74, 6) is -0.888. The van der Waals surface area contributed by atoms with E-state index in [-0.39, 0.29) is 66.6 Å². The summed E-state index contributed by atoms with van der Waals surface area (Å²) in [7, 11) is 4.91. The van der Waals surface area contributed by atoms with Crippen molar-refractivity contribution >= 4 is 23.6 Å². The standard InChI is InChI=1S/C38H64N6O6/c1-9-27(4)35(42(6)33(46)25-41-38(48)34(26(2)3)43-22-19-39-20-23-43)31(49-7)24-32(45)44-21-13-16-30(44)36(50-8)28(5)37(47)40-18-17-29-14-11-10-12-15-29/h10-12,14-15,26-28,30-31,34-36,39H,9,13,16-25H2,1-8H3,(H,40,47)(H,41,48). The first-order valence-corrected chi connectivity index (χ1v) is 18.6. The zero-order valence-electron chi connectivity index (χ0n) is 31.8. The maximum atomic E-state index is 14.0. The fourth-order valence-corrected chi connectivity index (χ4v) is 7.70. The monoisotopic (exact) mass is 700 g/mol. The van der Waals surface area contributed by atoms with Gasteiger partial charge in [0.1, 0.15) is 0 Å². The van der Waals surface area contributed by atoms with Crippen LogP contribution in [0.2, 0.25) is 0 Å². The van der Waals surface area contributed by atoms with Crippen LogP contribution in [-0.2, 0) is 35.1 Å². The van der Waals surface area contributed by atoms with E-state index in [1.165, 1.54) is 0 Å². The topological polar surface area (TPSA) is 133 Å². The van der Waals surface area contributed by atoms with Gasteiger partial charge in [0, 0.05) is 60.5 Å². The van der Waals surface area contributed by atoms with Crippen molar-refractivity contribution in [3.8, 4) is 0 Å². The van der Waals surface area contributed by atoms with Crippen LogP contribution in [0.1, 0.15) is 65.9 Å². The Bertz CT molecular complexity index is 1210. The number of rotatable bonds is 19. The SMILES string of the molecule is CCC(C)C(C(CC(=O)N1CCCC1C(OC)C(C)C(=O)NCCc1ccccc1)OC)N(C)C(=O)CNC(=O)C(C(C)C)N1CCNCC1. The van der Waals surface area contributed by atoms with Crippen LogP contribution >= 0.6 is 0 Å². The molecule has 2 saturated heterocycles. The summed E-state index contributed by atoms with van der Waals surface area (Å²) in [6.45, 7) is 14.2. The predicted octanol–water partition coefficient (Wildman–Crippen LogP) is 2.31. The lowest BCUT2D eigenvalue weighted by Crippen LogP contribution is -2.57. The molecule has 2 fully saturated rings. The Hall–Kier alpha value is -3.06. The molecule has 0 aromatic heterocycles. The largest absolute Gasteiger partial charge is 0.379 e. The molecule has 50 heavy (non-hydrogen) atoms. The number of carbonyl (C=O) groups excluding carboxylic acids is 4. The third-order valence-electron chi connectivity index (χ3n) is 10.7. The van der Waals surface area contributed by atoms with Crippen LogP contribution in [-0.4, -0.2) is 136 Å². The highest BCUT2D eigenvalue weighted by molar-refractivity contribution is 5.88. The molecular weight excluding hydrogens is 636 g/mol. The number of hydrogen-bond acceptors (Lipinski definition) is 8. The summed E-state index contributed by atoms with van der Waals surface area (Å²) in [6, 6.07) is 9.08. The summed E-state index contributed by atoms with van der Waals surface area (Å²) in [6.07, 6.45) is 2.12. The van der Waals surface area contributed by atoms with Gasteiger partial charge in [-0.05, 0) is 36.7 Å². The summed E-state index contributed by atoms with van der Waals surface area (Å²) in [5.41, 5.74) is 1.15. The van der Waals surface area contributed by atoms with E-state index >= 15 is 0 Å². The number of nitrogens with one attached hydrogen (secondary N) is 3. The lowest BCUT2D eigenvalue weighted by atomic mass is 9.90. The molecule has 0 saturated carbocycles. The third kappa shape index (κ3) is 11.2. The number of hydrogen-bond donors (Lipinski definition) is 3. The van der Waals surface area contributed by atoms with Crippen molar-refractivity contribution in [1.82, 2.24) is 30.7 Å². The molecule has 0 radical (unpaired) electrons. The van der Waals surface area contributed by atoms with Crippen LogP contribution in [0.25, 0.3) is 0 Å². The summed E-state index contributed by atoms with van der Waals surface area (Å²) >= 11 is 0. The van der Waals surface area contributed by atoms with E-state index in [2.05, 4.69) is 34.7 Å². The van der Waals surface area contributed by atoms with Crippen LogP contribution in [0.3, 0.4) is 0 Å². The van der Waals surface area contributed by atoms with Crippen molar-refractivity contribution in [3.05, 3.63) is 35.9 Å². The second kappa shape index (κ2) is 20.7. The molecular formula is C38H64N6O6. The Balaban J connectivity index is 1.64. The smallest absolute Gasteiger partial charge is 0.242 e. The molecule has 2 aliphatic heterocycles. The molecule has 12 nitrogen and oxygen atoms in total. The zero-order valence-corrected chi connectivity index (χ0v) is 31.8. The molecule has 0 aliphatic carbocycles. The predicted molar refractivity (Wildman–Crippen MR) is 195 cm³/mol. The van der Waals surface area contributed by atoms with Crippen molar-refractivity contribution in [2.75, 3.05) is 67.1 Å². The molecule has 3 rings (SSSR count). The highest BCUT2D eigenvalue weighted by Gasteiger charge is 2.42. The Labute approximate surface area is 300 Å². The van der Waals surface area contributed by atoms with Gasteiger partial charge in [-0.3, -0.25) is 24.1 Å². The van der Waals surface area contributed by atoms with Crippen LogP contribution in [0.15, 0.2) is 30.3 Å². The lowest BCUT2D eigenvalue weighted by molar-refractivity contribution is -0.146. The Morgan fingerprint density at radius 1 is 0.960 bits per heavy atom. The lowest BCUT2D eigenvalue weighted by Gasteiger charge is -2.39. The van der Waals surface area contributed by atoms with Gasteiger partial charge in [-0.25, -0.2) is 0 Å². The van der Waals surface area contributed by atoms with E-state index in [4.69, 9.17) is 9.47 Å². The van der Waals surface area contributed by atoms with Crippen molar-refractivity contribution in [2.45, 2.75) is 97.1 Å². The van der Waals surface area contributed by atoms with Crippen LogP contribution in [0.4, 0.5) is 0 Å². The Morgan fingerprint density at radius 2 is 1.64 bits per heavy atom. The van der Waals surface area contributed by atoms with E-state index < -0.39 is 18.1 Å². The fraction of sp³-hybridized carbons (Fsp3) is 0.737. The van der Waals surface area contributed by atoms with E-state index in [0.717, 1.165) is 57.4 Å².